The maximum Gasteiger partial charge on any atom is 0.0302 e. The van der Waals surface area contributed by atoms with Gasteiger partial charge in [0, 0.05) is 12.4 Å². The summed E-state index contributed by atoms with van der Waals surface area (Å²) >= 11 is 0. The van der Waals surface area contributed by atoms with E-state index in [0.29, 0.717) is 0 Å². The van der Waals surface area contributed by atoms with Gasteiger partial charge in [-0.2, -0.15) is 0 Å². The third kappa shape index (κ3) is 4.80. The Hall–Kier alpha value is -1.63. The van der Waals surface area contributed by atoms with E-state index in [1.54, 1.807) is 0 Å². The highest BCUT2D eigenvalue weighted by atomic mass is 14.6. The van der Waals surface area contributed by atoms with Crippen molar-refractivity contribution < 1.29 is 0 Å². The SMILES string of the molecule is CCc1cnccc1CCCCCCc1ccccc1. The fourth-order valence-corrected chi connectivity index (χ4v) is 2.66. The van der Waals surface area contributed by atoms with Crippen LogP contribution in [0.2, 0.25) is 0 Å². The topological polar surface area (TPSA) is 12.9 Å². The van der Waals surface area contributed by atoms with Crippen molar-refractivity contribution in [3.05, 3.63) is 65.5 Å². The summed E-state index contributed by atoms with van der Waals surface area (Å²) in [5.74, 6) is 0. The minimum absolute atomic E-state index is 1.09. The summed E-state index contributed by atoms with van der Waals surface area (Å²) in [6.45, 7) is 2.21. The molecule has 0 saturated heterocycles. The first kappa shape index (κ1) is 14.8. The first-order chi connectivity index (χ1) is 9.90. The average molecular weight is 267 g/mol. The van der Waals surface area contributed by atoms with Crippen LogP contribution >= 0.6 is 0 Å². The maximum absolute atomic E-state index is 4.21. The molecular weight excluding hydrogens is 242 g/mol. The lowest BCUT2D eigenvalue weighted by Crippen LogP contribution is -1.94. The van der Waals surface area contributed by atoms with Crippen LogP contribution in [0, 0.1) is 0 Å². The second kappa shape index (κ2) is 8.52. The van der Waals surface area contributed by atoms with Gasteiger partial charge in [-0.1, -0.05) is 50.1 Å². The highest BCUT2D eigenvalue weighted by Crippen LogP contribution is 2.13. The minimum atomic E-state index is 1.09. The van der Waals surface area contributed by atoms with Crippen molar-refractivity contribution in [2.24, 2.45) is 0 Å². The lowest BCUT2D eigenvalue weighted by Gasteiger charge is -2.07. The Kier molecular flexibility index (Phi) is 6.30. The third-order valence-electron chi connectivity index (χ3n) is 3.89. The Morgan fingerprint density at radius 1 is 0.800 bits per heavy atom. The molecule has 0 radical (unpaired) electrons. The van der Waals surface area contributed by atoms with Crippen LogP contribution in [0.1, 0.15) is 49.3 Å². The molecule has 1 heterocycles. The molecule has 1 heteroatoms. The molecule has 1 nitrogen and oxygen atoms in total. The summed E-state index contributed by atoms with van der Waals surface area (Å²) in [5.41, 5.74) is 4.37. The van der Waals surface area contributed by atoms with Crippen molar-refractivity contribution >= 4 is 0 Å². The Balaban J connectivity index is 1.62. The van der Waals surface area contributed by atoms with Crippen molar-refractivity contribution in [1.29, 1.82) is 0 Å². The highest BCUT2D eigenvalue weighted by molar-refractivity contribution is 5.23. The summed E-state index contributed by atoms with van der Waals surface area (Å²) in [7, 11) is 0. The van der Waals surface area contributed by atoms with E-state index in [1.807, 2.05) is 12.4 Å². The van der Waals surface area contributed by atoms with Gasteiger partial charge in [0.15, 0.2) is 0 Å². The fraction of sp³-hybridized carbons (Fsp3) is 0.421. The number of pyridine rings is 1. The first-order valence-electron chi connectivity index (χ1n) is 7.86. The van der Waals surface area contributed by atoms with E-state index >= 15 is 0 Å². The van der Waals surface area contributed by atoms with Gasteiger partial charge < -0.3 is 0 Å². The Morgan fingerprint density at radius 3 is 2.30 bits per heavy atom. The van der Waals surface area contributed by atoms with Gasteiger partial charge in [-0.25, -0.2) is 0 Å². The average Bonchev–Trinajstić information content (AvgIpc) is 2.52. The maximum atomic E-state index is 4.21. The van der Waals surface area contributed by atoms with E-state index in [2.05, 4.69) is 48.3 Å². The molecule has 0 unspecified atom stereocenters. The zero-order chi connectivity index (χ0) is 14.0. The minimum Gasteiger partial charge on any atom is -0.264 e. The molecule has 0 fully saturated rings. The number of benzene rings is 1. The molecule has 2 rings (SSSR count). The summed E-state index contributed by atoms with van der Waals surface area (Å²) in [6, 6.07) is 13.0. The van der Waals surface area contributed by atoms with Crippen LogP contribution in [0.25, 0.3) is 0 Å². The van der Waals surface area contributed by atoms with E-state index in [4.69, 9.17) is 0 Å². The van der Waals surface area contributed by atoms with Crippen LogP contribution in [-0.2, 0) is 19.3 Å². The number of hydrogen-bond acceptors (Lipinski definition) is 1. The number of nitrogens with zero attached hydrogens (tertiary/aromatic N) is 1. The van der Waals surface area contributed by atoms with Crippen LogP contribution < -0.4 is 0 Å². The van der Waals surface area contributed by atoms with Gasteiger partial charge in [-0.15, -0.1) is 0 Å². The van der Waals surface area contributed by atoms with Gasteiger partial charge in [0.25, 0.3) is 0 Å². The van der Waals surface area contributed by atoms with E-state index < -0.39 is 0 Å². The second-order valence-electron chi connectivity index (χ2n) is 5.40. The van der Waals surface area contributed by atoms with E-state index in [0.717, 1.165) is 6.42 Å². The molecule has 0 aliphatic carbocycles. The van der Waals surface area contributed by atoms with Gasteiger partial charge >= 0.3 is 0 Å². The van der Waals surface area contributed by atoms with Crippen LogP contribution in [0.3, 0.4) is 0 Å². The fourth-order valence-electron chi connectivity index (χ4n) is 2.66. The summed E-state index contributed by atoms with van der Waals surface area (Å²) in [6.07, 6.45) is 12.7. The first-order valence-corrected chi connectivity index (χ1v) is 7.86. The second-order valence-corrected chi connectivity index (χ2v) is 5.40. The van der Waals surface area contributed by atoms with Crippen LogP contribution in [0.15, 0.2) is 48.8 Å². The Labute approximate surface area is 123 Å². The smallest absolute Gasteiger partial charge is 0.0302 e. The molecule has 0 aliphatic rings. The van der Waals surface area contributed by atoms with Gasteiger partial charge in [0.2, 0.25) is 0 Å². The number of aromatic nitrogens is 1. The molecule has 20 heavy (non-hydrogen) atoms. The monoisotopic (exact) mass is 267 g/mol. The largest absolute Gasteiger partial charge is 0.264 e. The predicted molar refractivity (Wildman–Crippen MR) is 85.9 cm³/mol. The molecule has 0 atom stereocenters. The number of hydrogen-bond donors (Lipinski definition) is 0. The molecule has 0 spiro atoms. The summed E-state index contributed by atoms with van der Waals surface area (Å²) in [5, 5.41) is 0. The van der Waals surface area contributed by atoms with E-state index in [9.17, 15) is 0 Å². The molecule has 0 aliphatic heterocycles. The Bertz CT molecular complexity index is 490. The van der Waals surface area contributed by atoms with Crippen molar-refractivity contribution in [3.63, 3.8) is 0 Å². The number of unbranched alkanes of at least 4 members (excludes halogenated alkanes) is 3. The number of rotatable bonds is 8. The van der Waals surface area contributed by atoms with Crippen molar-refractivity contribution in [1.82, 2.24) is 4.98 Å². The van der Waals surface area contributed by atoms with Gasteiger partial charge in [0.05, 0.1) is 0 Å². The molecule has 0 amide bonds. The zero-order valence-corrected chi connectivity index (χ0v) is 12.5. The van der Waals surface area contributed by atoms with E-state index in [1.165, 1.54) is 55.2 Å². The predicted octanol–water partition coefficient (Wildman–Crippen LogP) is 4.99. The zero-order valence-electron chi connectivity index (χ0n) is 12.5. The van der Waals surface area contributed by atoms with Crippen LogP contribution in [-0.4, -0.2) is 4.98 Å². The molecule has 0 saturated carbocycles. The van der Waals surface area contributed by atoms with Crippen LogP contribution in [0.4, 0.5) is 0 Å². The quantitative estimate of drug-likeness (QED) is 0.614. The molecule has 2 aromatic rings. The molecule has 106 valence electrons. The molecule has 1 aromatic carbocycles. The molecule has 0 N–H and O–H groups in total. The lowest BCUT2D eigenvalue weighted by molar-refractivity contribution is 0.638. The summed E-state index contributed by atoms with van der Waals surface area (Å²) < 4.78 is 0. The van der Waals surface area contributed by atoms with Gasteiger partial charge in [0.1, 0.15) is 0 Å². The van der Waals surface area contributed by atoms with Gasteiger partial charge in [-0.3, -0.25) is 4.98 Å². The summed E-state index contributed by atoms with van der Waals surface area (Å²) in [4.78, 5) is 4.21. The lowest BCUT2D eigenvalue weighted by atomic mass is 10.0. The molecular formula is C19H25N. The van der Waals surface area contributed by atoms with Crippen molar-refractivity contribution in [2.75, 3.05) is 0 Å². The normalized spacial score (nSPS) is 10.7. The van der Waals surface area contributed by atoms with Crippen molar-refractivity contribution in [2.45, 2.75) is 51.9 Å². The van der Waals surface area contributed by atoms with E-state index in [-0.39, 0.29) is 0 Å². The van der Waals surface area contributed by atoms with Crippen LogP contribution in [0.5, 0.6) is 0 Å². The third-order valence-corrected chi connectivity index (χ3v) is 3.89. The molecule has 0 bridgehead atoms. The highest BCUT2D eigenvalue weighted by Gasteiger charge is 2.00. The van der Waals surface area contributed by atoms with Gasteiger partial charge in [-0.05, 0) is 54.9 Å². The Morgan fingerprint density at radius 2 is 1.55 bits per heavy atom. The van der Waals surface area contributed by atoms with Crippen molar-refractivity contribution in [3.8, 4) is 0 Å². The molecule has 1 aromatic heterocycles. The standard InChI is InChI=1S/C19H25N/c1-2-18-16-20-15-14-19(18)13-9-4-3-6-10-17-11-7-5-8-12-17/h5,7-8,11-12,14-16H,2-4,6,9-10,13H2,1H3. The number of aryl methyl sites for hydroxylation is 3.